The molecule has 0 spiro atoms. The molecule has 0 aliphatic heterocycles. The highest BCUT2D eigenvalue weighted by atomic mass is 16.5. The van der Waals surface area contributed by atoms with Gasteiger partial charge in [0.1, 0.15) is 0 Å². The Morgan fingerprint density at radius 3 is 2.62 bits per heavy atom. The number of methoxy groups -OCH3 is 2. The maximum Gasteiger partial charge on any atom is 0.313 e. The van der Waals surface area contributed by atoms with Gasteiger partial charge in [-0.15, -0.1) is 0 Å². The van der Waals surface area contributed by atoms with E-state index in [1.165, 1.54) is 25.1 Å². The molecule has 0 radical (unpaired) electrons. The van der Waals surface area contributed by atoms with E-state index >= 15 is 0 Å². The molecule has 1 rings (SSSR count). The summed E-state index contributed by atoms with van der Waals surface area (Å²) in [6.45, 7) is 2.73. The van der Waals surface area contributed by atoms with Gasteiger partial charge in [-0.05, 0) is 6.42 Å². The third kappa shape index (κ3) is 2.74. The van der Waals surface area contributed by atoms with Crippen molar-refractivity contribution < 1.29 is 9.47 Å². The fourth-order valence-electron chi connectivity index (χ4n) is 1.46. The van der Waals surface area contributed by atoms with Crippen molar-refractivity contribution in [1.29, 1.82) is 0 Å². The monoisotopic (exact) mass is 226 g/mol. The lowest BCUT2D eigenvalue weighted by Crippen LogP contribution is -2.24. The van der Waals surface area contributed by atoms with E-state index in [2.05, 4.69) is 12.0 Å². The average Bonchev–Trinajstić information content (AvgIpc) is 2.31. The van der Waals surface area contributed by atoms with Crippen molar-refractivity contribution in [2.45, 2.75) is 32.7 Å². The predicted molar refractivity (Wildman–Crippen MR) is 61.1 cm³/mol. The zero-order chi connectivity index (χ0) is 12.0. The first-order valence-electron chi connectivity index (χ1n) is 5.42. The van der Waals surface area contributed by atoms with Gasteiger partial charge in [-0.2, -0.15) is 5.10 Å². The summed E-state index contributed by atoms with van der Waals surface area (Å²) < 4.78 is 11.4. The number of nitrogens with zero attached hydrogens (tertiary/aromatic N) is 2. The van der Waals surface area contributed by atoms with E-state index in [1.54, 1.807) is 0 Å². The van der Waals surface area contributed by atoms with E-state index in [4.69, 9.17) is 9.47 Å². The van der Waals surface area contributed by atoms with Crippen LogP contribution in [-0.2, 0) is 6.54 Å². The fourth-order valence-corrected chi connectivity index (χ4v) is 1.46. The Morgan fingerprint density at radius 1 is 1.31 bits per heavy atom. The number of hydrogen-bond acceptors (Lipinski definition) is 4. The summed E-state index contributed by atoms with van der Waals surface area (Å²) >= 11 is 0. The first kappa shape index (κ1) is 12.5. The zero-order valence-electron chi connectivity index (χ0n) is 10.0. The molecule has 1 heterocycles. The molecule has 5 nitrogen and oxygen atoms in total. The Bertz CT molecular complexity index is 387. The Kier molecular flexibility index (Phi) is 4.82. The first-order valence-corrected chi connectivity index (χ1v) is 5.42. The van der Waals surface area contributed by atoms with Crippen LogP contribution in [0.25, 0.3) is 0 Å². The summed E-state index contributed by atoms with van der Waals surface area (Å²) in [4.78, 5) is 11.9. The van der Waals surface area contributed by atoms with Gasteiger partial charge >= 0.3 is 5.56 Å². The molecule has 0 aliphatic carbocycles. The van der Waals surface area contributed by atoms with Crippen molar-refractivity contribution in [1.82, 2.24) is 9.78 Å². The second kappa shape index (κ2) is 6.15. The van der Waals surface area contributed by atoms with Crippen LogP contribution in [0.1, 0.15) is 26.2 Å². The molecular weight excluding hydrogens is 208 g/mol. The van der Waals surface area contributed by atoms with E-state index in [9.17, 15) is 4.79 Å². The minimum atomic E-state index is -0.238. The van der Waals surface area contributed by atoms with Crippen molar-refractivity contribution in [3.05, 3.63) is 16.6 Å². The predicted octanol–water partition coefficient (Wildman–Crippen LogP) is 1.45. The smallest absolute Gasteiger partial charge is 0.313 e. The molecule has 0 saturated carbocycles. The van der Waals surface area contributed by atoms with E-state index in [1.807, 2.05) is 0 Å². The summed E-state index contributed by atoms with van der Waals surface area (Å²) in [6, 6.07) is 0. The summed E-state index contributed by atoms with van der Waals surface area (Å²) in [5, 5.41) is 4.03. The van der Waals surface area contributed by atoms with Crippen LogP contribution in [0.3, 0.4) is 0 Å². The third-order valence-electron chi connectivity index (χ3n) is 2.36. The summed E-state index contributed by atoms with van der Waals surface area (Å²) in [7, 11) is 2.94. The SMILES string of the molecule is CCCCCn1ncc(OC)c(OC)c1=O. The lowest BCUT2D eigenvalue weighted by atomic mass is 10.2. The summed E-state index contributed by atoms with van der Waals surface area (Å²) in [6.07, 6.45) is 4.65. The van der Waals surface area contributed by atoms with Crippen LogP contribution in [0.2, 0.25) is 0 Å². The van der Waals surface area contributed by atoms with Crippen LogP contribution in [0.15, 0.2) is 11.0 Å². The Morgan fingerprint density at radius 2 is 2.06 bits per heavy atom. The number of rotatable bonds is 6. The topological polar surface area (TPSA) is 53.4 Å². The zero-order valence-corrected chi connectivity index (χ0v) is 10.0. The van der Waals surface area contributed by atoms with Crippen LogP contribution in [0.4, 0.5) is 0 Å². The maximum absolute atomic E-state index is 11.9. The molecule has 0 fully saturated rings. The van der Waals surface area contributed by atoms with Gasteiger partial charge in [-0.3, -0.25) is 4.79 Å². The molecule has 0 aromatic carbocycles. The van der Waals surface area contributed by atoms with Crippen LogP contribution < -0.4 is 15.0 Å². The highest BCUT2D eigenvalue weighted by Gasteiger charge is 2.11. The number of hydrogen-bond donors (Lipinski definition) is 0. The standard InChI is InChI=1S/C11H18N2O3/c1-4-5-6-7-13-11(14)10(16-3)9(15-2)8-12-13/h8H,4-7H2,1-3H3. The second-order valence-electron chi connectivity index (χ2n) is 3.48. The van der Waals surface area contributed by atoms with Crippen LogP contribution in [-0.4, -0.2) is 24.0 Å². The van der Waals surface area contributed by atoms with Crippen molar-refractivity contribution in [2.75, 3.05) is 14.2 Å². The Balaban J connectivity index is 2.91. The largest absolute Gasteiger partial charge is 0.491 e. The van der Waals surface area contributed by atoms with Gasteiger partial charge in [-0.25, -0.2) is 4.68 Å². The van der Waals surface area contributed by atoms with Crippen molar-refractivity contribution >= 4 is 0 Å². The molecule has 0 bridgehead atoms. The quantitative estimate of drug-likeness (QED) is 0.689. The van der Waals surface area contributed by atoms with Gasteiger partial charge in [0.2, 0.25) is 5.75 Å². The lowest BCUT2D eigenvalue weighted by molar-refractivity contribution is 0.338. The van der Waals surface area contributed by atoms with Crippen LogP contribution >= 0.6 is 0 Å². The minimum Gasteiger partial charge on any atom is -0.491 e. The first-order chi connectivity index (χ1) is 7.74. The van der Waals surface area contributed by atoms with E-state index < -0.39 is 0 Å². The Hall–Kier alpha value is -1.52. The van der Waals surface area contributed by atoms with Crippen LogP contribution in [0.5, 0.6) is 11.5 Å². The number of unbranched alkanes of at least 4 members (excludes halogenated alkanes) is 2. The molecule has 1 aromatic rings. The summed E-state index contributed by atoms with van der Waals surface area (Å²) in [5.41, 5.74) is -0.238. The van der Waals surface area contributed by atoms with Crippen LogP contribution in [0, 0.1) is 0 Å². The lowest BCUT2D eigenvalue weighted by Gasteiger charge is -2.09. The normalized spacial score (nSPS) is 10.2. The van der Waals surface area contributed by atoms with Gasteiger partial charge in [0.05, 0.1) is 20.4 Å². The van der Waals surface area contributed by atoms with Gasteiger partial charge in [-0.1, -0.05) is 19.8 Å². The maximum atomic E-state index is 11.9. The van der Waals surface area contributed by atoms with Crippen molar-refractivity contribution in [3.63, 3.8) is 0 Å². The van der Waals surface area contributed by atoms with Crippen molar-refractivity contribution in [2.24, 2.45) is 0 Å². The minimum absolute atomic E-state index is 0.217. The molecule has 5 heteroatoms. The molecule has 0 saturated heterocycles. The van der Waals surface area contributed by atoms with Gasteiger partial charge in [0.15, 0.2) is 5.75 Å². The average molecular weight is 226 g/mol. The molecule has 1 aromatic heterocycles. The molecule has 0 atom stereocenters. The highest BCUT2D eigenvalue weighted by Crippen LogP contribution is 2.19. The van der Waals surface area contributed by atoms with E-state index in [0.717, 1.165) is 19.3 Å². The van der Waals surface area contributed by atoms with Crippen molar-refractivity contribution in [3.8, 4) is 11.5 Å². The molecule has 16 heavy (non-hydrogen) atoms. The molecule has 0 unspecified atom stereocenters. The molecule has 0 aliphatic rings. The second-order valence-corrected chi connectivity index (χ2v) is 3.48. The molecule has 90 valence electrons. The molecule has 0 N–H and O–H groups in total. The number of aryl methyl sites for hydroxylation is 1. The fraction of sp³-hybridized carbons (Fsp3) is 0.636. The van der Waals surface area contributed by atoms with Gasteiger partial charge < -0.3 is 9.47 Å². The van der Waals surface area contributed by atoms with E-state index in [0.29, 0.717) is 12.3 Å². The number of aromatic nitrogens is 2. The number of ether oxygens (including phenoxy) is 2. The van der Waals surface area contributed by atoms with Gasteiger partial charge in [0.25, 0.3) is 0 Å². The van der Waals surface area contributed by atoms with E-state index in [-0.39, 0.29) is 11.3 Å². The Labute approximate surface area is 95.0 Å². The molecular formula is C11H18N2O3. The third-order valence-corrected chi connectivity index (χ3v) is 2.36. The summed E-state index contributed by atoms with van der Waals surface area (Å²) in [5.74, 6) is 0.591. The highest BCUT2D eigenvalue weighted by molar-refractivity contribution is 5.34. The van der Waals surface area contributed by atoms with Gasteiger partial charge in [0, 0.05) is 6.54 Å². The molecule has 0 amide bonds.